The average Bonchev–Trinajstić information content (AvgIpc) is 2.41. The van der Waals surface area contributed by atoms with Crippen LogP contribution in [0, 0.1) is 20.8 Å². The Kier molecular flexibility index (Phi) is 4.39. The van der Waals surface area contributed by atoms with Gasteiger partial charge in [0.15, 0.2) is 0 Å². The molecule has 2 aromatic carbocycles. The molecule has 0 spiro atoms. The minimum atomic E-state index is 0.283. The maximum absolute atomic E-state index is 3.60. The molecule has 0 aromatic heterocycles. The summed E-state index contributed by atoms with van der Waals surface area (Å²) in [5, 5.41) is 3.60. The summed E-state index contributed by atoms with van der Waals surface area (Å²) in [6, 6.07) is 15.7. The van der Waals surface area contributed by atoms with Crippen LogP contribution in [-0.2, 0) is 0 Å². The molecule has 0 heterocycles. The van der Waals surface area contributed by atoms with Gasteiger partial charge in [-0.1, -0.05) is 55.0 Å². The molecular weight excluding hydrogens is 230 g/mol. The lowest BCUT2D eigenvalue weighted by Gasteiger charge is -2.22. The van der Waals surface area contributed by atoms with Crippen LogP contribution in [0.15, 0.2) is 42.5 Å². The molecule has 100 valence electrons. The molecule has 0 radical (unpaired) electrons. The standard InChI is InChI=1S/C18H23N/c1-5-19-18(16-11-9-13(2)10-12-16)17-8-6-7-14(3)15(17)4/h6-12,18-19H,5H2,1-4H3. The Hall–Kier alpha value is -1.60. The van der Waals surface area contributed by atoms with E-state index in [2.05, 4.69) is 75.5 Å². The van der Waals surface area contributed by atoms with Gasteiger partial charge in [0, 0.05) is 0 Å². The number of rotatable bonds is 4. The lowest BCUT2D eigenvalue weighted by Crippen LogP contribution is -2.23. The quantitative estimate of drug-likeness (QED) is 0.856. The van der Waals surface area contributed by atoms with Gasteiger partial charge in [0.1, 0.15) is 0 Å². The Morgan fingerprint density at radius 1 is 0.947 bits per heavy atom. The van der Waals surface area contributed by atoms with Crippen molar-refractivity contribution in [1.82, 2.24) is 5.32 Å². The highest BCUT2D eigenvalue weighted by Crippen LogP contribution is 2.26. The van der Waals surface area contributed by atoms with Crippen molar-refractivity contribution in [2.45, 2.75) is 33.7 Å². The van der Waals surface area contributed by atoms with Crippen molar-refractivity contribution >= 4 is 0 Å². The van der Waals surface area contributed by atoms with Crippen LogP contribution in [-0.4, -0.2) is 6.54 Å². The van der Waals surface area contributed by atoms with Crippen molar-refractivity contribution in [3.05, 3.63) is 70.3 Å². The third-order valence-electron chi connectivity index (χ3n) is 3.78. The molecule has 0 bridgehead atoms. The molecule has 0 aliphatic carbocycles. The second kappa shape index (κ2) is 6.03. The zero-order valence-corrected chi connectivity index (χ0v) is 12.3. The largest absolute Gasteiger partial charge is 0.307 e. The summed E-state index contributed by atoms with van der Waals surface area (Å²) >= 11 is 0. The van der Waals surface area contributed by atoms with Crippen molar-refractivity contribution in [3.8, 4) is 0 Å². The Bertz CT molecular complexity index is 540. The summed E-state index contributed by atoms with van der Waals surface area (Å²) < 4.78 is 0. The van der Waals surface area contributed by atoms with E-state index in [1.165, 1.54) is 27.8 Å². The molecule has 0 amide bonds. The Morgan fingerprint density at radius 2 is 1.63 bits per heavy atom. The molecule has 0 aliphatic rings. The Labute approximate surface area is 116 Å². The van der Waals surface area contributed by atoms with E-state index in [1.807, 2.05) is 0 Å². The summed E-state index contributed by atoms with van der Waals surface area (Å²) in [7, 11) is 0. The van der Waals surface area contributed by atoms with Crippen molar-refractivity contribution in [3.63, 3.8) is 0 Å². The molecule has 2 aromatic rings. The first-order valence-corrected chi connectivity index (χ1v) is 6.99. The summed E-state index contributed by atoms with van der Waals surface area (Å²) in [4.78, 5) is 0. The molecule has 1 N–H and O–H groups in total. The third-order valence-corrected chi connectivity index (χ3v) is 3.78. The lowest BCUT2D eigenvalue weighted by molar-refractivity contribution is 0.627. The van der Waals surface area contributed by atoms with Gasteiger partial charge in [0.25, 0.3) is 0 Å². The van der Waals surface area contributed by atoms with E-state index >= 15 is 0 Å². The molecule has 0 fully saturated rings. The molecule has 2 rings (SSSR count). The molecular formula is C18H23N. The van der Waals surface area contributed by atoms with Gasteiger partial charge in [-0.3, -0.25) is 0 Å². The highest BCUT2D eigenvalue weighted by molar-refractivity contribution is 5.41. The number of aryl methyl sites for hydroxylation is 2. The van der Waals surface area contributed by atoms with E-state index in [9.17, 15) is 0 Å². The van der Waals surface area contributed by atoms with Gasteiger partial charge in [-0.25, -0.2) is 0 Å². The zero-order valence-electron chi connectivity index (χ0n) is 12.3. The lowest BCUT2D eigenvalue weighted by atomic mass is 9.92. The van der Waals surface area contributed by atoms with Crippen molar-refractivity contribution in [1.29, 1.82) is 0 Å². The van der Waals surface area contributed by atoms with E-state index in [0.717, 1.165) is 6.54 Å². The van der Waals surface area contributed by atoms with E-state index in [1.54, 1.807) is 0 Å². The van der Waals surface area contributed by atoms with E-state index in [4.69, 9.17) is 0 Å². The molecule has 1 atom stereocenters. The van der Waals surface area contributed by atoms with Crippen molar-refractivity contribution < 1.29 is 0 Å². The van der Waals surface area contributed by atoms with Crippen molar-refractivity contribution in [2.75, 3.05) is 6.54 Å². The average molecular weight is 253 g/mol. The fourth-order valence-electron chi connectivity index (χ4n) is 2.46. The first-order chi connectivity index (χ1) is 9.13. The van der Waals surface area contributed by atoms with Crippen LogP contribution in [0.2, 0.25) is 0 Å². The molecule has 0 saturated carbocycles. The number of nitrogens with one attached hydrogen (secondary N) is 1. The fourth-order valence-corrected chi connectivity index (χ4v) is 2.46. The Morgan fingerprint density at radius 3 is 2.26 bits per heavy atom. The predicted molar refractivity (Wildman–Crippen MR) is 82.6 cm³/mol. The number of hydrogen-bond acceptors (Lipinski definition) is 1. The summed E-state index contributed by atoms with van der Waals surface area (Å²) in [5.74, 6) is 0. The van der Waals surface area contributed by atoms with Gasteiger partial charge in [-0.15, -0.1) is 0 Å². The normalized spacial score (nSPS) is 12.4. The topological polar surface area (TPSA) is 12.0 Å². The summed E-state index contributed by atoms with van der Waals surface area (Å²) in [5.41, 5.74) is 6.76. The number of hydrogen-bond donors (Lipinski definition) is 1. The zero-order chi connectivity index (χ0) is 13.8. The van der Waals surface area contributed by atoms with Gasteiger partial charge >= 0.3 is 0 Å². The molecule has 19 heavy (non-hydrogen) atoms. The molecule has 1 nitrogen and oxygen atoms in total. The van der Waals surface area contributed by atoms with Crippen LogP contribution in [0.4, 0.5) is 0 Å². The smallest absolute Gasteiger partial charge is 0.0579 e. The van der Waals surface area contributed by atoms with Crippen molar-refractivity contribution in [2.24, 2.45) is 0 Å². The van der Waals surface area contributed by atoms with Gasteiger partial charge in [-0.05, 0) is 49.6 Å². The van der Waals surface area contributed by atoms with E-state index < -0.39 is 0 Å². The Balaban J connectivity index is 2.45. The monoisotopic (exact) mass is 253 g/mol. The predicted octanol–water partition coefficient (Wildman–Crippen LogP) is 4.31. The minimum absolute atomic E-state index is 0.283. The SMILES string of the molecule is CCNC(c1ccc(C)cc1)c1cccc(C)c1C. The van der Waals surface area contributed by atoms with Crippen LogP contribution in [0.1, 0.15) is 40.8 Å². The van der Waals surface area contributed by atoms with Crippen LogP contribution in [0.5, 0.6) is 0 Å². The fraction of sp³-hybridized carbons (Fsp3) is 0.333. The first kappa shape index (κ1) is 13.8. The van der Waals surface area contributed by atoms with Crippen LogP contribution in [0.3, 0.4) is 0 Å². The number of benzene rings is 2. The third kappa shape index (κ3) is 3.05. The minimum Gasteiger partial charge on any atom is -0.307 e. The molecule has 1 heteroatoms. The maximum Gasteiger partial charge on any atom is 0.0579 e. The molecule has 0 saturated heterocycles. The van der Waals surface area contributed by atoms with Gasteiger partial charge in [-0.2, -0.15) is 0 Å². The van der Waals surface area contributed by atoms with Crippen LogP contribution in [0.25, 0.3) is 0 Å². The van der Waals surface area contributed by atoms with E-state index in [-0.39, 0.29) is 6.04 Å². The summed E-state index contributed by atoms with van der Waals surface area (Å²) in [6.45, 7) is 9.64. The van der Waals surface area contributed by atoms with E-state index in [0.29, 0.717) is 0 Å². The molecule has 0 aliphatic heterocycles. The molecule has 1 unspecified atom stereocenters. The van der Waals surface area contributed by atoms with Gasteiger partial charge in [0.05, 0.1) is 6.04 Å². The van der Waals surface area contributed by atoms with Gasteiger partial charge < -0.3 is 5.32 Å². The second-order valence-electron chi connectivity index (χ2n) is 5.19. The second-order valence-corrected chi connectivity index (χ2v) is 5.19. The first-order valence-electron chi connectivity index (χ1n) is 6.99. The van der Waals surface area contributed by atoms with Gasteiger partial charge in [0.2, 0.25) is 0 Å². The summed E-state index contributed by atoms with van der Waals surface area (Å²) in [6.07, 6.45) is 0. The maximum atomic E-state index is 3.60. The highest BCUT2D eigenvalue weighted by atomic mass is 14.9. The van der Waals surface area contributed by atoms with Crippen LogP contribution >= 0.6 is 0 Å². The van der Waals surface area contributed by atoms with Crippen LogP contribution < -0.4 is 5.32 Å². The highest BCUT2D eigenvalue weighted by Gasteiger charge is 2.15.